The van der Waals surface area contributed by atoms with E-state index in [4.69, 9.17) is 16.3 Å². The third kappa shape index (κ3) is 3.14. The monoisotopic (exact) mass is 177 g/mol. The number of aliphatic hydroxyl groups excluding tert-OH is 1. The lowest BCUT2D eigenvalue weighted by atomic mass is 10.3. The Morgan fingerprint density at radius 3 is 2.92 bits per heavy atom. The Morgan fingerprint density at radius 2 is 2.38 bits per heavy atom. The highest BCUT2D eigenvalue weighted by Gasteiger charge is 1.94. The normalized spacial score (nSPS) is 9.23. The van der Waals surface area contributed by atoms with Crippen molar-refractivity contribution in [2.75, 3.05) is 6.61 Å². The predicted molar refractivity (Wildman–Crippen MR) is 49.1 cm³/mol. The fraction of sp³-hybridized carbons (Fsp3) is 0.300. The molecule has 0 aliphatic rings. The van der Waals surface area contributed by atoms with E-state index in [0.29, 0.717) is 24.5 Å². The topological polar surface area (TPSA) is 42.4 Å². The summed E-state index contributed by atoms with van der Waals surface area (Å²) in [6, 6.07) is 3.47. The lowest BCUT2D eigenvalue weighted by Gasteiger charge is -2.03. The van der Waals surface area contributed by atoms with Gasteiger partial charge in [0.15, 0.2) is 0 Å². The number of pyridine rings is 1. The number of aliphatic hydroxyl groups is 1. The van der Waals surface area contributed by atoms with Gasteiger partial charge in [-0.15, -0.1) is 12.3 Å². The third-order valence-electron chi connectivity index (χ3n) is 1.47. The average molecular weight is 177 g/mol. The predicted octanol–water partition coefficient (Wildman–Crippen LogP) is 0.976. The van der Waals surface area contributed by atoms with E-state index >= 15 is 0 Å². The molecule has 0 aliphatic carbocycles. The maximum atomic E-state index is 8.71. The second-order valence-corrected chi connectivity index (χ2v) is 2.45. The molecule has 1 N–H and O–H groups in total. The number of rotatable bonds is 4. The molecule has 0 radical (unpaired) electrons. The molecule has 0 spiro atoms. The van der Waals surface area contributed by atoms with Crippen LogP contribution >= 0.6 is 0 Å². The fourth-order valence-electron chi connectivity index (χ4n) is 0.818. The second-order valence-electron chi connectivity index (χ2n) is 2.45. The van der Waals surface area contributed by atoms with Crippen LogP contribution in [-0.2, 0) is 6.61 Å². The Kier molecular flexibility index (Phi) is 3.80. The molecule has 0 bridgehead atoms. The van der Waals surface area contributed by atoms with Gasteiger partial charge in [-0.3, -0.25) is 4.98 Å². The summed E-state index contributed by atoms with van der Waals surface area (Å²) in [6.07, 6.45) is 7.22. The minimum Gasteiger partial charge on any atom is -0.491 e. The van der Waals surface area contributed by atoms with Crippen LogP contribution in [0.15, 0.2) is 18.3 Å². The van der Waals surface area contributed by atoms with Gasteiger partial charge in [0.05, 0.1) is 25.1 Å². The van der Waals surface area contributed by atoms with Crippen LogP contribution in [0.3, 0.4) is 0 Å². The molecule has 1 aromatic heterocycles. The van der Waals surface area contributed by atoms with E-state index in [9.17, 15) is 0 Å². The number of aromatic nitrogens is 1. The first kappa shape index (κ1) is 9.56. The van der Waals surface area contributed by atoms with Gasteiger partial charge in [-0.2, -0.15) is 0 Å². The van der Waals surface area contributed by atoms with Crippen molar-refractivity contribution in [3.05, 3.63) is 24.0 Å². The molecule has 13 heavy (non-hydrogen) atoms. The minimum absolute atomic E-state index is 0.0510. The van der Waals surface area contributed by atoms with Crippen molar-refractivity contribution >= 4 is 0 Å². The van der Waals surface area contributed by atoms with Crippen LogP contribution in [0.2, 0.25) is 0 Å². The van der Waals surface area contributed by atoms with Gasteiger partial charge in [0.1, 0.15) is 5.75 Å². The van der Waals surface area contributed by atoms with Gasteiger partial charge in [0.25, 0.3) is 0 Å². The zero-order valence-electron chi connectivity index (χ0n) is 7.23. The largest absolute Gasteiger partial charge is 0.491 e. The lowest BCUT2D eigenvalue weighted by molar-refractivity contribution is 0.276. The van der Waals surface area contributed by atoms with E-state index < -0.39 is 0 Å². The van der Waals surface area contributed by atoms with Crippen LogP contribution in [0.25, 0.3) is 0 Å². The molecule has 0 atom stereocenters. The first-order valence-electron chi connectivity index (χ1n) is 3.99. The molecule has 0 amide bonds. The standard InChI is InChI=1S/C10H11NO2/c1-2-3-6-13-10-5-4-9(8-12)11-7-10/h1,4-5,7,12H,3,6,8H2. The van der Waals surface area contributed by atoms with Gasteiger partial charge in [-0.05, 0) is 12.1 Å². The van der Waals surface area contributed by atoms with E-state index in [2.05, 4.69) is 10.9 Å². The van der Waals surface area contributed by atoms with Gasteiger partial charge in [-0.1, -0.05) is 0 Å². The zero-order valence-corrected chi connectivity index (χ0v) is 7.23. The lowest BCUT2D eigenvalue weighted by Crippen LogP contribution is -1.97. The van der Waals surface area contributed by atoms with E-state index in [-0.39, 0.29) is 6.61 Å². The molecule has 1 heterocycles. The summed E-state index contributed by atoms with van der Waals surface area (Å²) in [7, 11) is 0. The molecule has 0 saturated heterocycles. The van der Waals surface area contributed by atoms with Crippen LogP contribution in [0.1, 0.15) is 12.1 Å². The number of hydrogen-bond acceptors (Lipinski definition) is 3. The summed E-state index contributed by atoms with van der Waals surface area (Å²) in [6.45, 7) is 0.446. The molecule has 1 aromatic rings. The SMILES string of the molecule is C#CCCOc1ccc(CO)nc1. The fourth-order valence-corrected chi connectivity index (χ4v) is 0.818. The summed E-state index contributed by atoms with van der Waals surface area (Å²) < 4.78 is 5.26. The summed E-state index contributed by atoms with van der Waals surface area (Å²) in [4.78, 5) is 3.95. The average Bonchev–Trinajstić information content (AvgIpc) is 2.19. The van der Waals surface area contributed by atoms with Crippen LogP contribution in [0.4, 0.5) is 0 Å². The third-order valence-corrected chi connectivity index (χ3v) is 1.47. The molecule has 1 rings (SSSR count). The molecule has 3 nitrogen and oxygen atoms in total. The van der Waals surface area contributed by atoms with Crippen molar-refractivity contribution in [1.82, 2.24) is 4.98 Å². The van der Waals surface area contributed by atoms with Crippen molar-refractivity contribution in [2.45, 2.75) is 13.0 Å². The number of nitrogens with zero attached hydrogens (tertiary/aromatic N) is 1. The molecule has 0 saturated carbocycles. The quantitative estimate of drug-likeness (QED) is 0.550. The van der Waals surface area contributed by atoms with Crippen LogP contribution < -0.4 is 4.74 Å². The molecular weight excluding hydrogens is 166 g/mol. The summed E-state index contributed by atoms with van der Waals surface area (Å²) in [5.74, 6) is 3.15. The maximum Gasteiger partial charge on any atom is 0.137 e. The van der Waals surface area contributed by atoms with Crippen molar-refractivity contribution in [1.29, 1.82) is 0 Å². The van der Waals surface area contributed by atoms with Gasteiger partial charge < -0.3 is 9.84 Å². The Bertz CT molecular complexity index is 287. The number of terminal acetylenes is 1. The van der Waals surface area contributed by atoms with E-state index in [1.807, 2.05) is 0 Å². The second kappa shape index (κ2) is 5.18. The Morgan fingerprint density at radius 1 is 1.54 bits per heavy atom. The van der Waals surface area contributed by atoms with Crippen molar-refractivity contribution < 1.29 is 9.84 Å². The van der Waals surface area contributed by atoms with Gasteiger partial charge in [0, 0.05) is 6.42 Å². The Labute approximate surface area is 77.4 Å². The molecule has 0 unspecified atom stereocenters. The van der Waals surface area contributed by atoms with Crippen molar-refractivity contribution in [3.8, 4) is 18.1 Å². The van der Waals surface area contributed by atoms with Crippen LogP contribution in [0, 0.1) is 12.3 Å². The molecular formula is C10H11NO2. The summed E-state index contributed by atoms with van der Waals surface area (Å²) >= 11 is 0. The highest BCUT2D eigenvalue weighted by molar-refractivity contribution is 5.19. The molecule has 0 fully saturated rings. The zero-order chi connectivity index (χ0) is 9.52. The van der Waals surface area contributed by atoms with Gasteiger partial charge in [-0.25, -0.2) is 0 Å². The van der Waals surface area contributed by atoms with Crippen molar-refractivity contribution in [2.24, 2.45) is 0 Å². The van der Waals surface area contributed by atoms with Gasteiger partial charge >= 0.3 is 0 Å². The Balaban J connectivity index is 2.45. The van der Waals surface area contributed by atoms with E-state index in [0.717, 1.165) is 0 Å². The summed E-state index contributed by atoms with van der Waals surface area (Å²) in [5, 5.41) is 8.71. The smallest absolute Gasteiger partial charge is 0.137 e. The van der Waals surface area contributed by atoms with E-state index in [1.165, 1.54) is 0 Å². The molecule has 3 heteroatoms. The Hall–Kier alpha value is -1.53. The first-order valence-corrected chi connectivity index (χ1v) is 3.99. The summed E-state index contributed by atoms with van der Waals surface area (Å²) in [5.41, 5.74) is 0.629. The van der Waals surface area contributed by atoms with Crippen LogP contribution in [0.5, 0.6) is 5.75 Å². The number of hydrogen-bond donors (Lipinski definition) is 1. The van der Waals surface area contributed by atoms with E-state index in [1.54, 1.807) is 18.3 Å². The maximum absolute atomic E-state index is 8.71. The molecule has 68 valence electrons. The minimum atomic E-state index is -0.0510. The number of ether oxygens (including phenoxy) is 1. The highest BCUT2D eigenvalue weighted by atomic mass is 16.5. The van der Waals surface area contributed by atoms with Crippen LogP contribution in [-0.4, -0.2) is 16.7 Å². The van der Waals surface area contributed by atoms with Crippen molar-refractivity contribution in [3.63, 3.8) is 0 Å². The van der Waals surface area contributed by atoms with Gasteiger partial charge in [0.2, 0.25) is 0 Å². The first-order chi connectivity index (χ1) is 6.36. The molecule has 0 aromatic carbocycles. The highest BCUT2D eigenvalue weighted by Crippen LogP contribution is 2.08. The molecule has 0 aliphatic heterocycles.